The molecule has 0 saturated heterocycles. The number of carbonyl (C=O) groups is 3. The molecule has 1 atom stereocenters. The zero-order valence-electron chi connectivity index (χ0n) is 38.8. The smallest absolute Gasteiger partial charge is 0.306 e. The van der Waals surface area contributed by atoms with Crippen LogP contribution >= 0.6 is 0 Å². The number of esters is 3. The van der Waals surface area contributed by atoms with Gasteiger partial charge in [-0.3, -0.25) is 14.4 Å². The lowest BCUT2D eigenvalue weighted by Gasteiger charge is -2.18. The van der Waals surface area contributed by atoms with Gasteiger partial charge in [0.2, 0.25) is 0 Å². The number of ether oxygens (including phenoxy) is 3. The minimum Gasteiger partial charge on any atom is -0.462 e. The van der Waals surface area contributed by atoms with E-state index in [9.17, 15) is 14.4 Å². The first-order valence-electron chi connectivity index (χ1n) is 25.4. The van der Waals surface area contributed by atoms with E-state index in [2.05, 4.69) is 27.7 Å². The Balaban J connectivity index is 4.27. The first-order valence-corrected chi connectivity index (χ1v) is 25.4. The lowest BCUT2D eigenvalue weighted by Crippen LogP contribution is -2.30. The van der Waals surface area contributed by atoms with Gasteiger partial charge in [0, 0.05) is 19.3 Å². The molecule has 0 bridgehead atoms. The van der Waals surface area contributed by atoms with Gasteiger partial charge in [0.25, 0.3) is 0 Å². The first kappa shape index (κ1) is 55.4. The number of hydrogen-bond donors (Lipinski definition) is 0. The second-order valence-corrected chi connectivity index (χ2v) is 17.9. The molecule has 0 aliphatic carbocycles. The quantitative estimate of drug-likeness (QED) is 0.0346. The van der Waals surface area contributed by atoms with Gasteiger partial charge in [-0.2, -0.15) is 0 Å². The zero-order chi connectivity index (χ0) is 41.7. The van der Waals surface area contributed by atoms with Crippen molar-refractivity contribution in [3.8, 4) is 0 Å². The van der Waals surface area contributed by atoms with Crippen molar-refractivity contribution in [1.29, 1.82) is 0 Å². The standard InChI is InChI=1S/C51H98O6/c1-5-7-9-11-13-15-17-18-19-20-23-27-30-34-38-42-49(52)55-45-48(57-51(54)44-40-36-32-26-16-14-12-10-8-6-2)46-56-50(53)43-39-35-31-28-24-21-22-25-29-33-37-41-47(3)4/h47-48H,5-46H2,1-4H3/t48-/m1/s1. The minimum absolute atomic E-state index is 0.0629. The molecule has 0 heterocycles. The highest BCUT2D eigenvalue weighted by atomic mass is 16.6. The molecular weight excluding hydrogens is 709 g/mol. The normalized spacial score (nSPS) is 11.9. The fraction of sp³-hybridized carbons (Fsp3) is 0.941. The lowest BCUT2D eigenvalue weighted by molar-refractivity contribution is -0.167. The van der Waals surface area contributed by atoms with Crippen molar-refractivity contribution in [2.75, 3.05) is 13.2 Å². The molecule has 0 aliphatic rings. The number of unbranched alkanes of at least 4 members (excludes halogenated alkanes) is 33. The van der Waals surface area contributed by atoms with Crippen LogP contribution in [0.15, 0.2) is 0 Å². The molecule has 0 amide bonds. The second-order valence-electron chi connectivity index (χ2n) is 17.9. The summed E-state index contributed by atoms with van der Waals surface area (Å²) in [4.78, 5) is 37.8. The van der Waals surface area contributed by atoms with Gasteiger partial charge in [0.1, 0.15) is 13.2 Å². The SMILES string of the molecule is CCCCCCCCCCCCCCCCCC(=O)OC[C@H](COC(=O)CCCCCCCCCCCCCC(C)C)OC(=O)CCCCCCCCCCCC. The van der Waals surface area contributed by atoms with Gasteiger partial charge in [-0.1, -0.05) is 246 Å². The summed E-state index contributed by atoms with van der Waals surface area (Å²) in [5.41, 5.74) is 0. The maximum atomic E-state index is 12.7. The van der Waals surface area contributed by atoms with Gasteiger partial charge >= 0.3 is 17.9 Å². The van der Waals surface area contributed by atoms with Gasteiger partial charge in [-0.15, -0.1) is 0 Å². The Hall–Kier alpha value is -1.59. The average Bonchev–Trinajstić information content (AvgIpc) is 3.19. The summed E-state index contributed by atoms with van der Waals surface area (Å²) in [5, 5.41) is 0. The van der Waals surface area contributed by atoms with Crippen molar-refractivity contribution in [3.63, 3.8) is 0 Å². The number of hydrogen-bond acceptors (Lipinski definition) is 6. The van der Waals surface area contributed by atoms with Crippen molar-refractivity contribution in [1.82, 2.24) is 0 Å². The summed E-state index contributed by atoms with van der Waals surface area (Å²) in [6.45, 7) is 9.01. The first-order chi connectivity index (χ1) is 27.9. The molecule has 0 aliphatic heterocycles. The highest BCUT2D eigenvalue weighted by molar-refractivity contribution is 5.71. The summed E-state index contributed by atoms with van der Waals surface area (Å²) in [6, 6.07) is 0. The van der Waals surface area contributed by atoms with Crippen LogP contribution in [0.4, 0.5) is 0 Å². The van der Waals surface area contributed by atoms with Crippen molar-refractivity contribution in [2.45, 2.75) is 291 Å². The summed E-state index contributed by atoms with van der Waals surface area (Å²) < 4.78 is 16.8. The van der Waals surface area contributed by atoms with Crippen LogP contribution in [-0.2, 0) is 28.6 Å². The Kier molecular flexibility index (Phi) is 44.2. The molecule has 0 aromatic rings. The van der Waals surface area contributed by atoms with Crippen LogP contribution < -0.4 is 0 Å². The summed E-state index contributed by atoms with van der Waals surface area (Å²) in [5.74, 6) is -0.0203. The summed E-state index contributed by atoms with van der Waals surface area (Å²) in [6.07, 6.45) is 46.6. The fourth-order valence-corrected chi connectivity index (χ4v) is 7.69. The van der Waals surface area contributed by atoms with Crippen LogP contribution in [0.3, 0.4) is 0 Å². The van der Waals surface area contributed by atoms with E-state index >= 15 is 0 Å². The number of rotatable bonds is 46. The van der Waals surface area contributed by atoms with Gasteiger partial charge in [0.05, 0.1) is 0 Å². The van der Waals surface area contributed by atoms with E-state index in [4.69, 9.17) is 14.2 Å². The molecule has 338 valence electrons. The van der Waals surface area contributed by atoms with E-state index in [1.807, 2.05) is 0 Å². The molecule has 0 N–H and O–H groups in total. The molecule has 0 rings (SSSR count). The highest BCUT2D eigenvalue weighted by Crippen LogP contribution is 2.17. The molecule has 57 heavy (non-hydrogen) atoms. The van der Waals surface area contributed by atoms with Crippen LogP contribution in [-0.4, -0.2) is 37.2 Å². The van der Waals surface area contributed by atoms with Gasteiger partial charge in [0.15, 0.2) is 6.10 Å². The molecule has 0 aromatic carbocycles. The highest BCUT2D eigenvalue weighted by Gasteiger charge is 2.19. The molecule has 0 spiro atoms. The monoisotopic (exact) mass is 807 g/mol. The third-order valence-electron chi connectivity index (χ3n) is 11.5. The molecule has 0 radical (unpaired) electrons. The molecule has 6 nitrogen and oxygen atoms in total. The topological polar surface area (TPSA) is 78.9 Å². The predicted molar refractivity (Wildman–Crippen MR) is 243 cm³/mol. The van der Waals surface area contributed by atoms with Crippen molar-refractivity contribution >= 4 is 17.9 Å². The Labute approximate surface area is 355 Å². The van der Waals surface area contributed by atoms with Gasteiger partial charge in [-0.05, 0) is 25.2 Å². The third kappa shape index (κ3) is 45.3. The van der Waals surface area contributed by atoms with E-state index in [1.165, 1.54) is 180 Å². The van der Waals surface area contributed by atoms with Crippen LogP contribution in [0.5, 0.6) is 0 Å². The second kappa shape index (κ2) is 45.5. The maximum absolute atomic E-state index is 12.7. The molecular formula is C51H98O6. The van der Waals surface area contributed by atoms with Crippen LogP contribution in [0.25, 0.3) is 0 Å². The maximum Gasteiger partial charge on any atom is 0.306 e. The fourth-order valence-electron chi connectivity index (χ4n) is 7.69. The minimum atomic E-state index is -0.759. The Bertz CT molecular complexity index is 857. The Morgan fingerprint density at radius 1 is 0.333 bits per heavy atom. The van der Waals surface area contributed by atoms with E-state index in [1.54, 1.807) is 0 Å². The van der Waals surface area contributed by atoms with Crippen LogP contribution in [0, 0.1) is 5.92 Å². The van der Waals surface area contributed by atoms with Crippen LogP contribution in [0.1, 0.15) is 285 Å². The van der Waals surface area contributed by atoms with E-state index in [-0.39, 0.29) is 31.1 Å². The van der Waals surface area contributed by atoms with E-state index in [0.717, 1.165) is 63.7 Å². The number of carbonyl (C=O) groups excluding carboxylic acids is 3. The predicted octanol–water partition coefficient (Wildman–Crippen LogP) is 16.3. The average molecular weight is 807 g/mol. The van der Waals surface area contributed by atoms with Crippen molar-refractivity contribution in [2.24, 2.45) is 5.92 Å². The Morgan fingerprint density at radius 2 is 0.579 bits per heavy atom. The zero-order valence-corrected chi connectivity index (χ0v) is 38.8. The van der Waals surface area contributed by atoms with E-state index in [0.29, 0.717) is 19.3 Å². The van der Waals surface area contributed by atoms with Crippen molar-refractivity contribution < 1.29 is 28.6 Å². The van der Waals surface area contributed by atoms with Crippen LogP contribution in [0.2, 0.25) is 0 Å². The van der Waals surface area contributed by atoms with Gasteiger partial charge in [-0.25, -0.2) is 0 Å². The summed E-state index contributed by atoms with van der Waals surface area (Å²) in [7, 11) is 0. The summed E-state index contributed by atoms with van der Waals surface area (Å²) >= 11 is 0. The molecule has 0 saturated carbocycles. The molecule has 0 unspecified atom stereocenters. The Morgan fingerprint density at radius 3 is 0.860 bits per heavy atom. The lowest BCUT2D eigenvalue weighted by atomic mass is 10.0. The van der Waals surface area contributed by atoms with Crippen molar-refractivity contribution in [3.05, 3.63) is 0 Å². The molecule has 0 fully saturated rings. The molecule has 6 heteroatoms. The van der Waals surface area contributed by atoms with E-state index < -0.39 is 6.10 Å². The third-order valence-corrected chi connectivity index (χ3v) is 11.5. The van der Waals surface area contributed by atoms with Gasteiger partial charge < -0.3 is 14.2 Å². The molecule has 0 aromatic heterocycles. The largest absolute Gasteiger partial charge is 0.462 e.